The largest absolute Gasteiger partial charge is 0.496 e. The first-order chi connectivity index (χ1) is 7.51. The van der Waals surface area contributed by atoms with E-state index in [0.717, 1.165) is 11.1 Å². The molecule has 0 fully saturated rings. The molecule has 1 rings (SSSR count). The Morgan fingerprint density at radius 2 is 2.00 bits per heavy atom. The lowest BCUT2D eigenvalue weighted by Crippen LogP contribution is -2.31. The molecule has 0 aliphatic carbocycles. The summed E-state index contributed by atoms with van der Waals surface area (Å²) in [5, 5.41) is 2.95. The van der Waals surface area contributed by atoms with Gasteiger partial charge in [-0.25, -0.2) is 0 Å². The summed E-state index contributed by atoms with van der Waals surface area (Å²) >= 11 is 0. The highest BCUT2D eigenvalue weighted by Gasteiger charge is 2.20. The number of nitrogens with one attached hydrogen (secondary N) is 1. The molecule has 0 aromatic heterocycles. The van der Waals surface area contributed by atoms with Gasteiger partial charge in [-0.15, -0.1) is 0 Å². The van der Waals surface area contributed by atoms with Crippen LogP contribution >= 0.6 is 0 Å². The van der Waals surface area contributed by atoms with E-state index in [-0.39, 0.29) is 11.8 Å². The molecule has 0 bridgehead atoms. The molecule has 88 valence electrons. The van der Waals surface area contributed by atoms with E-state index in [1.54, 1.807) is 14.2 Å². The van der Waals surface area contributed by atoms with Crippen LogP contribution in [0.25, 0.3) is 0 Å². The van der Waals surface area contributed by atoms with Crippen molar-refractivity contribution in [2.75, 3.05) is 14.2 Å². The number of benzene rings is 1. The van der Waals surface area contributed by atoms with Gasteiger partial charge >= 0.3 is 0 Å². The van der Waals surface area contributed by atoms with Gasteiger partial charge in [0.15, 0.2) is 5.78 Å². The van der Waals surface area contributed by atoms with E-state index in [1.807, 2.05) is 32.9 Å². The first-order valence-electron chi connectivity index (χ1n) is 5.38. The monoisotopic (exact) mass is 221 g/mol. The van der Waals surface area contributed by atoms with Crippen LogP contribution in [0.1, 0.15) is 28.4 Å². The number of carbonyl (C=O) groups is 1. The summed E-state index contributed by atoms with van der Waals surface area (Å²) in [6.45, 7) is 5.78. The van der Waals surface area contributed by atoms with Crippen LogP contribution in [0.3, 0.4) is 0 Å². The van der Waals surface area contributed by atoms with E-state index in [2.05, 4.69) is 5.32 Å². The smallest absolute Gasteiger partial charge is 0.183 e. The number of carbonyl (C=O) groups excluding carboxylic acids is 1. The van der Waals surface area contributed by atoms with Crippen LogP contribution in [-0.2, 0) is 0 Å². The topological polar surface area (TPSA) is 38.3 Å². The highest BCUT2D eigenvalue weighted by Crippen LogP contribution is 2.25. The number of hydrogen-bond acceptors (Lipinski definition) is 3. The van der Waals surface area contributed by atoms with Crippen molar-refractivity contribution in [1.82, 2.24) is 5.32 Å². The van der Waals surface area contributed by atoms with Crippen molar-refractivity contribution in [3.63, 3.8) is 0 Å². The summed E-state index contributed by atoms with van der Waals surface area (Å²) in [5.41, 5.74) is 2.74. The van der Waals surface area contributed by atoms with Gasteiger partial charge in [0.1, 0.15) is 5.75 Å². The van der Waals surface area contributed by atoms with Crippen LogP contribution in [0.4, 0.5) is 0 Å². The third-order valence-electron chi connectivity index (χ3n) is 2.74. The number of likely N-dealkylation sites (N-methyl/N-ethyl adjacent to an activating group) is 1. The number of ketones is 1. The van der Waals surface area contributed by atoms with Crippen LogP contribution < -0.4 is 10.1 Å². The summed E-state index contributed by atoms with van der Waals surface area (Å²) in [5.74, 6) is 0.724. The molecule has 0 amide bonds. The molecule has 3 nitrogen and oxygen atoms in total. The second kappa shape index (κ2) is 5.12. The van der Waals surface area contributed by atoms with Gasteiger partial charge in [-0.2, -0.15) is 0 Å². The Bertz CT molecular complexity index is 399. The fourth-order valence-corrected chi connectivity index (χ4v) is 1.75. The molecule has 16 heavy (non-hydrogen) atoms. The number of methoxy groups -OCH3 is 1. The minimum atomic E-state index is -0.199. The van der Waals surface area contributed by atoms with Gasteiger partial charge in [0.05, 0.1) is 18.7 Å². The SMILES string of the molecule is CNC(C)C(=O)c1c(C)cc(C)cc1OC. The Morgan fingerprint density at radius 1 is 1.38 bits per heavy atom. The average Bonchev–Trinajstić information content (AvgIpc) is 2.26. The Hall–Kier alpha value is -1.35. The Labute approximate surface area is 96.8 Å². The molecule has 0 saturated carbocycles. The van der Waals surface area contributed by atoms with Crippen molar-refractivity contribution in [1.29, 1.82) is 0 Å². The maximum Gasteiger partial charge on any atom is 0.183 e. The van der Waals surface area contributed by atoms with Crippen LogP contribution in [0.15, 0.2) is 12.1 Å². The summed E-state index contributed by atoms with van der Waals surface area (Å²) in [6, 6.07) is 3.69. The lowest BCUT2D eigenvalue weighted by Gasteiger charge is -2.15. The number of ether oxygens (including phenoxy) is 1. The molecule has 0 saturated heterocycles. The van der Waals surface area contributed by atoms with E-state index in [0.29, 0.717) is 11.3 Å². The molecule has 1 aromatic rings. The third kappa shape index (κ3) is 2.42. The van der Waals surface area contributed by atoms with Gasteiger partial charge in [0, 0.05) is 0 Å². The van der Waals surface area contributed by atoms with Crippen LogP contribution in [0, 0.1) is 13.8 Å². The molecule has 0 aliphatic rings. The van der Waals surface area contributed by atoms with Crippen molar-refractivity contribution in [3.05, 3.63) is 28.8 Å². The molecule has 0 aliphatic heterocycles. The molecular weight excluding hydrogens is 202 g/mol. The summed E-state index contributed by atoms with van der Waals surface area (Å²) in [7, 11) is 3.37. The molecule has 3 heteroatoms. The van der Waals surface area contributed by atoms with E-state index in [9.17, 15) is 4.79 Å². The van der Waals surface area contributed by atoms with Crippen LogP contribution in [0.5, 0.6) is 5.75 Å². The zero-order valence-corrected chi connectivity index (χ0v) is 10.5. The average molecular weight is 221 g/mol. The Kier molecular flexibility index (Phi) is 4.07. The summed E-state index contributed by atoms with van der Waals surface area (Å²) in [4.78, 5) is 12.1. The molecule has 0 heterocycles. The molecular formula is C13H19NO2. The van der Waals surface area contributed by atoms with Crippen molar-refractivity contribution in [3.8, 4) is 5.75 Å². The van der Waals surface area contributed by atoms with Crippen LogP contribution in [0.2, 0.25) is 0 Å². The lowest BCUT2D eigenvalue weighted by atomic mass is 9.97. The van der Waals surface area contributed by atoms with Crippen molar-refractivity contribution >= 4 is 5.78 Å². The van der Waals surface area contributed by atoms with E-state index >= 15 is 0 Å². The number of rotatable bonds is 4. The maximum atomic E-state index is 12.1. The van der Waals surface area contributed by atoms with Gasteiger partial charge in [-0.05, 0) is 45.0 Å². The van der Waals surface area contributed by atoms with E-state index in [1.165, 1.54) is 0 Å². The zero-order chi connectivity index (χ0) is 12.3. The highest BCUT2D eigenvalue weighted by atomic mass is 16.5. The molecule has 1 N–H and O–H groups in total. The standard InChI is InChI=1S/C13H19NO2/c1-8-6-9(2)12(11(7-8)16-5)13(15)10(3)14-4/h6-7,10,14H,1-5H3. The Balaban J connectivity index is 3.26. The van der Waals surface area contributed by atoms with Gasteiger partial charge in [-0.1, -0.05) is 6.07 Å². The Morgan fingerprint density at radius 3 is 2.50 bits per heavy atom. The van der Waals surface area contributed by atoms with Gasteiger partial charge in [0.2, 0.25) is 0 Å². The summed E-state index contributed by atoms with van der Waals surface area (Å²) in [6.07, 6.45) is 0. The van der Waals surface area contributed by atoms with Gasteiger partial charge in [-0.3, -0.25) is 4.79 Å². The third-order valence-corrected chi connectivity index (χ3v) is 2.74. The predicted molar refractivity (Wildman–Crippen MR) is 65.3 cm³/mol. The van der Waals surface area contributed by atoms with Crippen molar-refractivity contribution < 1.29 is 9.53 Å². The predicted octanol–water partition coefficient (Wildman–Crippen LogP) is 2.10. The first kappa shape index (κ1) is 12.7. The number of Topliss-reactive ketones (excluding diaryl/α,β-unsaturated/α-hetero) is 1. The number of hydrogen-bond donors (Lipinski definition) is 1. The quantitative estimate of drug-likeness (QED) is 0.791. The number of aryl methyl sites for hydroxylation is 2. The fraction of sp³-hybridized carbons (Fsp3) is 0.462. The second-order valence-corrected chi connectivity index (χ2v) is 4.03. The second-order valence-electron chi connectivity index (χ2n) is 4.03. The molecule has 0 spiro atoms. The zero-order valence-electron chi connectivity index (χ0n) is 10.5. The van der Waals surface area contributed by atoms with Gasteiger partial charge in [0.25, 0.3) is 0 Å². The maximum absolute atomic E-state index is 12.1. The minimum Gasteiger partial charge on any atom is -0.496 e. The van der Waals surface area contributed by atoms with Crippen LogP contribution in [-0.4, -0.2) is 26.0 Å². The fourth-order valence-electron chi connectivity index (χ4n) is 1.75. The van der Waals surface area contributed by atoms with Gasteiger partial charge < -0.3 is 10.1 Å². The normalized spacial score (nSPS) is 12.3. The molecule has 0 radical (unpaired) electrons. The molecule has 1 unspecified atom stereocenters. The lowest BCUT2D eigenvalue weighted by molar-refractivity contribution is 0.0951. The van der Waals surface area contributed by atoms with E-state index in [4.69, 9.17) is 4.74 Å². The molecule has 1 aromatic carbocycles. The first-order valence-corrected chi connectivity index (χ1v) is 5.38. The minimum absolute atomic E-state index is 0.0665. The summed E-state index contributed by atoms with van der Waals surface area (Å²) < 4.78 is 5.27. The van der Waals surface area contributed by atoms with Crippen molar-refractivity contribution in [2.45, 2.75) is 26.8 Å². The molecule has 1 atom stereocenters. The van der Waals surface area contributed by atoms with Crippen molar-refractivity contribution in [2.24, 2.45) is 0 Å². The van der Waals surface area contributed by atoms with E-state index < -0.39 is 0 Å². The highest BCUT2D eigenvalue weighted by molar-refractivity contribution is 6.03.